The number of hydrogen-bond donors (Lipinski definition) is 2. The molecule has 2 N–H and O–H groups in total. The van der Waals surface area contributed by atoms with Gasteiger partial charge in [0, 0.05) is 0 Å². The van der Waals surface area contributed by atoms with Gasteiger partial charge in [0.25, 0.3) is 0 Å². The Labute approximate surface area is 93.3 Å². The van der Waals surface area contributed by atoms with Crippen molar-refractivity contribution in [2.45, 2.75) is 12.3 Å². The fraction of sp³-hybridized carbons (Fsp3) is 0.333. The molecule has 17 heavy (non-hydrogen) atoms. The van der Waals surface area contributed by atoms with Crippen molar-refractivity contribution in [3.05, 3.63) is 24.0 Å². The Hall–Kier alpha value is -1.86. The minimum atomic E-state index is -4.15. The van der Waals surface area contributed by atoms with Gasteiger partial charge < -0.3 is 10.4 Å². The molecule has 4 nitrogen and oxygen atoms in total. The second-order valence-electron chi connectivity index (χ2n) is 3.15. The maximum Gasteiger partial charge on any atom is 0.354 e. The Bertz CT molecular complexity index is 394. The number of pyridine rings is 1. The van der Waals surface area contributed by atoms with E-state index in [2.05, 4.69) is 4.98 Å². The molecule has 0 amide bonds. The summed E-state index contributed by atoms with van der Waals surface area (Å²) in [6.07, 6.45) is -2.79. The summed E-state index contributed by atoms with van der Waals surface area (Å²) in [5, 5.41) is 10.6. The number of rotatable bonds is 5. The molecule has 0 saturated heterocycles. The number of aromatic nitrogens is 1. The fourth-order valence-electron chi connectivity index (χ4n) is 0.922. The third-order valence-electron chi connectivity index (χ3n) is 1.83. The van der Waals surface area contributed by atoms with Gasteiger partial charge in [-0.05, 0) is 12.1 Å². The Morgan fingerprint density at radius 1 is 1.47 bits per heavy atom. The minimum Gasteiger partial charge on any atom is -0.477 e. The molecule has 0 bridgehead atoms. The van der Waals surface area contributed by atoms with Gasteiger partial charge in [-0.2, -0.15) is 8.78 Å². The molecule has 0 saturated carbocycles. The SMILES string of the molecule is O=C(O)c1ccc(NCC(F)(F)C(F)F)cn1. The van der Waals surface area contributed by atoms with Crippen molar-refractivity contribution in [1.82, 2.24) is 4.98 Å². The van der Waals surface area contributed by atoms with Crippen LogP contribution in [0.4, 0.5) is 23.2 Å². The van der Waals surface area contributed by atoms with Crippen molar-refractivity contribution < 1.29 is 27.5 Å². The lowest BCUT2D eigenvalue weighted by molar-refractivity contribution is -0.117. The second-order valence-corrected chi connectivity index (χ2v) is 3.15. The van der Waals surface area contributed by atoms with Crippen LogP contribution in [0, 0.1) is 0 Å². The molecule has 0 aromatic carbocycles. The van der Waals surface area contributed by atoms with E-state index in [4.69, 9.17) is 5.11 Å². The average molecular weight is 252 g/mol. The lowest BCUT2D eigenvalue weighted by Gasteiger charge is -2.16. The molecule has 0 radical (unpaired) electrons. The maximum atomic E-state index is 12.5. The number of nitrogens with one attached hydrogen (secondary N) is 1. The zero-order chi connectivity index (χ0) is 13.1. The lowest BCUT2D eigenvalue weighted by atomic mass is 10.3. The molecule has 0 aliphatic rings. The molecule has 0 atom stereocenters. The van der Waals surface area contributed by atoms with Crippen LogP contribution in [0.2, 0.25) is 0 Å². The highest BCUT2D eigenvalue weighted by Crippen LogP contribution is 2.23. The van der Waals surface area contributed by atoms with Crippen LogP contribution in [0.5, 0.6) is 0 Å². The number of nitrogens with zero attached hydrogens (tertiary/aromatic N) is 1. The van der Waals surface area contributed by atoms with Gasteiger partial charge in [0.1, 0.15) is 5.69 Å². The van der Waals surface area contributed by atoms with Crippen molar-refractivity contribution in [3.63, 3.8) is 0 Å². The van der Waals surface area contributed by atoms with Gasteiger partial charge in [-0.1, -0.05) is 0 Å². The van der Waals surface area contributed by atoms with Gasteiger partial charge in [-0.25, -0.2) is 18.6 Å². The molecule has 1 aromatic rings. The number of halogens is 4. The predicted octanol–water partition coefficient (Wildman–Crippen LogP) is 2.09. The normalized spacial score (nSPS) is 11.6. The summed E-state index contributed by atoms with van der Waals surface area (Å²) in [6, 6.07) is 2.24. The molecule has 8 heteroatoms. The highest BCUT2D eigenvalue weighted by Gasteiger charge is 2.40. The van der Waals surface area contributed by atoms with Crippen LogP contribution in [0.25, 0.3) is 0 Å². The minimum absolute atomic E-state index is 0.0373. The topological polar surface area (TPSA) is 62.2 Å². The number of anilines is 1. The summed E-state index contributed by atoms with van der Waals surface area (Å²) in [6.45, 7) is -1.25. The van der Waals surface area contributed by atoms with Gasteiger partial charge in [0.05, 0.1) is 18.4 Å². The molecule has 1 aromatic heterocycles. The zero-order valence-corrected chi connectivity index (χ0v) is 8.33. The molecule has 0 fully saturated rings. The molecule has 0 aliphatic heterocycles. The first-order chi connectivity index (χ1) is 7.83. The van der Waals surface area contributed by atoms with Crippen LogP contribution in [0.1, 0.15) is 10.5 Å². The number of carboxylic acid groups (broad SMARTS) is 1. The molecule has 1 heterocycles. The summed E-state index contributed by atoms with van der Waals surface area (Å²) in [5.74, 6) is -5.42. The third-order valence-corrected chi connectivity index (χ3v) is 1.83. The van der Waals surface area contributed by atoms with E-state index in [0.29, 0.717) is 0 Å². The molecule has 0 aliphatic carbocycles. The summed E-state index contributed by atoms with van der Waals surface area (Å²) < 4.78 is 48.6. The van der Waals surface area contributed by atoms with Crippen molar-refractivity contribution in [3.8, 4) is 0 Å². The first kappa shape index (κ1) is 13.2. The Morgan fingerprint density at radius 2 is 2.12 bits per heavy atom. The number of carbonyl (C=O) groups is 1. The van der Waals surface area contributed by atoms with Crippen LogP contribution in [-0.4, -0.2) is 35.0 Å². The Morgan fingerprint density at radius 3 is 2.53 bits per heavy atom. The van der Waals surface area contributed by atoms with E-state index in [-0.39, 0.29) is 11.4 Å². The molecular formula is C9H8F4N2O2. The monoisotopic (exact) mass is 252 g/mol. The van der Waals surface area contributed by atoms with Gasteiger partial charge in [-0.15, -0.1) is 0 Å². The molecular weight excluding hydrogens is 244 g/mol. The number of carboxylic acids is 1. The fourth-order valence-corrected chi connectivity index (χ4v) is 0.922. The molecule has 94 valence electrons. The quantitative estimate of drug-likeness (QED) is 0.788. The van der Waals surface area contributed by atoms with Crippen molar-refractivity contribution in [2.24, 2.45) is 0 Å². The highest BCUT2D eigenvalue weighted by molar-refractivity contribution is 5.85. The molecule has 1 rings (SSSR count). The van der Waals surface area contributed by atoms with Gasteiger partial charge >= 0.3 is 18.3 Å². The third kappa shape index (κ3) is 3.58. The van der Waals surface area contributed by atoms with E-state index in [0.717, 1.165) is 18.3 Å². The summed E-state index contributed by atoms with van der Waals surface area (Å²) in [4.78, 5) is 13.8. The predicted molar refractivity (Wildman–Crippen MR) is 50.6 cm³/mol. The Kier molecular flexibility index (Phi) is 3.87. The average Bonchev–Trinajstić information content (AvgIpc) is 2.27. The van der Waals surface area contributed by atoms with E-state index in [1.807, 2.05) is 5.32 Å². The van der Waals surface area contributed by atoms with E-state index < -0.39 is 24.9 Å². The summed E-state index contributed by atoms with van der Waals surface area (Å²) in [5.41, 5.74) is -0.230. The van der Waals surface area contributed by atoms with E-state index in [9.17, 15) is 22.4 Å². The van der Waals surface area contributed by atoms with Crippen LogP contribution in [0.3, 0.4) is 0 Å². The molecule has 0 unspecified atom stereocenters. The van der Waals surface area contributed by atoms with Crippen LogP contribution >= 0.6 is 0 Å². The van der Waals surface area contributed by atoms with E-state index in [1.54, 1.807) is 0 Å². The highest BCUT2D eigenvalue weighted by atomic mass is 19.3. The van der Waals surface area contributed by atoms with Crippen LogP contribution in [0.15, 0.2) is 18.3 Å². The number of alkyl halides is 4. The van der Waals surface area contributed by atoms with Gasteiger partial charge in [0.15, 0.2) is 0 Å². The first-order valence-electron chi connectivity index (χ1n) is 4.42. The van der Waals surface area contributed by atoms with Crippen molar-refractivity contribution >= 4 is 11.7 Å². The Balaban J connectivity index is 2.62. The van der Waals surface area contributed by atoms with Gasteiger partial charge in [-0.3, -0.25) is 0 Å². The standard InChI is InChI=1S/C9H8F4N2O2/c10-8(11)9(12,13)4-15-5-1-2-6(7(16)17)14-3-5/h1-3,8,15H,4H2,(H,16,17). The smallest absolute Gasteiger partial charge is 0.354 e. The maximum absolute atomic E-state index is 12.5. The number of aromatic carboxylic acids is 1. The summed E-state index contributed by atoms with van der Waals surface area (Å²) >= 11 is 0. The van der Waals surface area contributed by atoms with E-state index in [1.165, 1.54) is 0 Å². The van der Waals surface area contributed by atoms with E-state index >= 15 is 0 Å². The number of hydrogen-bond acceptors (Lipinski definition) is 3. The van der Waals surface area contributed by atoms with Crippen molar-refractivity contribution in [1.29, 1.82) is 0 Å². The van der Waals surface area contributed by atoms with Crippen LogP contribution < -0.4 is 5.32 Å². The zero-order valence-electron chi connectivity index (χ0n) is 8.33. The van der Waals surface area contributed by atoms with Crippen molar-refractivity contribution in [2.75, 3.05) is 11.9 Å². The second kappa shape index (κ2) is 4.98. The lowest BCUT2D eigenvalue weighted by Crippen LogP contribution is -2.34. The van der Waals surface area contributed by atoms with Gasteiger partial charge in [0.2, 0.25) is 0 Å². The summed E-state index contributed by atoms with van der Waals surface area (Å²) in [7, 11) is 0. The largest absolute Gasteiger partial charge is 0.477 e. The molecule has 0 spiro atoms. The van der Waals surface area contributed by atoms with Crippen LogP contribution in [-0.2, 0) is 0 Å². The first-order valence-corrected chi connectivity index (χ1v) is 4.42.